The number of ether oxygens (including phenoxy) is 2. The van der Waals surface area contributed by atoms with Crippen molar-refractivity contribution in [2.45, 2.75) is 0 Å². The van der Waals surface area contributed by atoms with Crippen LogP contribution in [0.3, 0.4) is 0 Å². The van der Waals surface area contributed by atoms with Gasteiger partial charge in [0, 0.05) is 21.4 Å². The number of rotatable bonds is 3. The smallest absolute Gasteiger partial charge is 0.355 e. The van der Waals surface area contributed by atoms with Crippen LogP contribution in [0.5, 0.6) is 0 Å². The van der Waals surface area contributed by atoms with Gasteiger partial charge in [0.05, 0.1) is 19.8 Å². The molecule has 0 saturated heterocycles. The van der Waals surface area contributed by atoms with E-state index in [1.165, 1.54) is 25.2 Å². The van der Waals surface area contributed by atoms with Crippen molar-refractivity contribution in [1.29, 1.82) is 0 Å². The topological polar surface area (TPSA) is 55.8 Å². The third kappa shape index (κ3) is 3.83. The van der Waals surface area contributed by atoms with Crippen molar-refractivity contribution in [3.05, 3.63) is 63.4 Å². The molecule has 7 heteroatoms. The maximum atomic E-state index is 12.3. The predicted molar refractivity (Wildman–Crippen MR) is 91.0 cm³/mol. The van der Waals surface area contributed by atoms with Gasteiger partial charge in [-0.2, -0.15) is 0 Å². The largest absolute Gasteiger partial charge is 0.465 e. The Morgan fingerprint density at radius 3 is 2.39 bits per heavy atom. The number of halogens is 2. The van der Waals surface area contributed by atoms with Crippen LogP contribution in [0.1, 0.15) is 0 Å². The number of esters is 2. The molecule has 2 rings (SSSR count). The zero-order valence-electron chi connectivity index (χ0n) is 12.4. The summed E-state index contributed by atoms with van der Waals surface area (Å²) in [7, 11) is 2.49. The molecule has 0 spiro atoms. The number of anilines is 1. The van der Waals surface area contributed by atoms with Crippen molar-refractivity contribution in [3.8, 4) is 0 Å². The summed E-state index contributed by atoms with van der Waals surface area (Å²) >= 11 is 9.43. The van der Waals surface area contributed by atoms with Crippen molar-refractivity contribution in [1.82, 2.24) is 0 Å². The van der Waals surface area contributed by atoms with Gasteiger partial charge in [-0.15, -0.1) is 0 Å². The summed E-state index contributed by atoms with van der Waals surface area (Å²) in [4.78, 5) is 25.8. The van der Waals surface area contributed by atoms with E-state index in [0.29, 0.717) is 10.7 Å². The lowest BCUT2D eigenvalue weighted by atomic mass is 10.1. The fourth-order valence-corrected chi connectivity index (χ4v) is 2.89. The summed E-state index contributed by atoms with van der Waals surface area (Å²) in [5.74, 6) is -1.31. The van der Waals surface area contributed by atoms with Crippen LogP contribution in [-0.4, -0.2) is 26.2 Å². The summed E-state index contributed by atoms with van der Waals surface area (Å²) < 4.78 is 10.3. The maximum Gasteiger partial charge on any atom is 0.355 e. The first kappa shape index (κ1) is 17.3. The highest BCUT2D eigenvalue weighted by Gasteiger charge is 2.27. The second kappa shape index (κ2) is 7.48. The summed E-state index contributed by atoms with van der Waals surface area (Å²) in [6.45, 7) is 0. The summed E-state index contributed by atoms with van der Waals surface area (Å²) in [6.07, 6.45) is 6.45. The predicted octanol–water partition coefficient (Wildman–Crippen LogP) is 3.59. The van der Waals surface area contributed by atoms with Gasteiger partial charge >= 0.3 is 11.9 Å². The molecule has 0 aromatic heterocycles. The first-order valence-corrected chi connectivity index (χ1v) is 7.66. The van der Waals surface area contributed by atoms with E-state index in [4.69, 9.17) is 21.1 Å². The van der Waals surface area contributed by atoms with E-state index >= 15 is 0 Å². The molecule has 0 N–H and O–H groups in total. The lowest BCUT2D eigenvalue weighted by molar-refractivity contribution is -0.139. The molecular weight excluding hydrogens is 386 g/mol. The fourth-order valence-electron chi connectivity index (χ4n) is 2.04. The number of methoxy groups -OCH3 is 2. The number of hydrogen-bond donors (Lipinski definition) is 0. The van der Waals surface area contributed by atoms with Gasteiger partial charge in [-0.3, -0.25) is 0 Å². The maximum absolute atomic E-state index is 12.3. The van der Waals surface area contributed by atoms with Crippen LogP contribution in [0.4, 0.5) is 5.69 Å². The van der Waals surface area contributed by atoms with Crippen molar-refractivity contribution < 1.29 is 19.1 Å². The van der Waals surface area contributed by atoms with Crippen LogP contribution in [-0.2, 0) is 19.1 Å². The van der Waals surface area contributed by atoms with Gasteiger partial charge in [0.25, 0.3) is 0 Å². The van der Waals surface area contributed by atoms with Gasteiger partial charge in [0.15, 0.2) is 0 Å². The first-order valence-electron chi connectivity index (χ1n) is 6.49. The number of hydrogen-bond acceptors (Lipinski definition) is 5. The lowest BCUT2D eigenvalue weighted by Gasteiger charge is -2.23. The molecule has 0 unspecified atom stereocenters. The van der Waals surface area contributed by atoms with Crippen LogP contribution in [0.15, 0.2) is 58.4 Å². The molecule has 1 aliphatic heterocycles. The summed E-state index contributed by atoms with van der Waals surface area (Å²) in [6, 6.07) is 5.15. The van der Waals surface area contributed by atoms with Crippen LogP contribution in [0.25, 0.3) is 0 Å². The van der Waals surface area contributed by atoms with E-state index in [2.05, 4.69) is 15.9 Å². The monoisotopic (exact) mass is 397 g/mol. The highest BCUT2D eigenvalue weighted by atomic mass is 79.9. The second-order valence-electron chi connectivity index (χ2n) is 4.44. The first-order chi connectivity index (χ1) is 11.0. The molecule has 0 fully saturated rings. The zero-order valence-corrected chi connectivity index (χ0v) is 14.7. The molecule has 0 bridgehead atoms. The van der Waals surface area contributed by atoms with E-state index in [1.807, 2.05) is 0 Å². The minimum Gasteiger partial charge on any atom is -0.465 e. The molecule has 0 atom stereocenters. The Morgan fingerprint density at radius 1 is 1.09 bits per heavy atom. The number of nitrogens with zero attached hydrogens (tertiary/aromatic N) is 1. The summed E-state index contributed by atoms with van der Waals surface area (Å²) in [5, 5.41) is 0.476. The average Bonchev–Trinajstić information content (AvgIpc) is 2.75. The van der Waals surface area contributed by atoms with E-state index in [0.717, 1.165) is 4.47 Å². The minimum absolute atomic E-state index is 0.0403. The molecule has 1 heterocycles. The van der Waals surface area contributed by atoms with Gasteiger partial charge in [0.1, 0.15) is 5.70 Å². The Hall–Kier alpha value is -2.05. The number of carbonyl (C=O) groups is 2. The van der Waals surface area contributed by atoms with Crippen molar-refractivity contribution >= 4 is 45.2 Å². The van der Waals surface area contributed by atoms with Crippen LogP contribution >= 0.6 is 27.5 Å². The third-order valence-electron chi connectivity index (χ3n) is 3.01. The zero-order chi connectivity index (χ0) is 17.0. The van der Waals surface area contributed by atoms with Gasteiger partial charge in [-0.1, -0.05) is 33.6 Å². The average molecular weight is 399 g/mol. The minimum atomic E-state index is -0.669. The van der Waals surface area contributed by atoms with Crippen LogP contribution in [0.2, 0.25) is 5.02 Å². The lowest BCUT2D eigenvalue weighted by Crippen LogP contribution is -2.26. The second-order valence-corrected chi connectivity index (χ2v) is 5.80. The van der Waals surface area contributed by atoms with E-state index in [-0.39, 0.29) is 11.3 Å². The molecule has 0 saturated carbocycles. The Balaban J connectivity index is 2.68. The highest BCUT2D eigenvalue weighted by molar-refractivity contribution is 9.10. The molecule has 120 valence electrons. The molecule has 0 amide bonds. The molecule has 1 aliphatic rings. The SMILES string of the molecule is COC(=O)C1=C(C(=O)OC)N(c2cc(Cl)cc(Br)c2)C=CC=C1. The third-order valence-corrected chi connectivity index (χ3v) is 3.69. The van der Waals surface area contributed by atoms with Crippen LogP contribution < -0.4 is 4.90 Å². The van der Waals surface area contributed by atoms with Crippen LogP contribution in [0, 0.1) is 0 Å². The Morgan fingerprint density at radius 2 is 1.78 bits per heavy atom. The molecular formula is C16H13BrClNO4. The molecule has 0 aliphatic carbocycles. The summed E-state index contributed by atoms with van der Waals surface area (Å²) in [5.41, 5.74) is 0.713. The Kier molecular flexibility index (Phi) is 5.63. The van der Waals surface area contributed by atoms with Crippen molar-refractivity contribution in [2.24, 2.45) is 0 Å². The van der Waals surface area contributed by atoms with Gasteiger partial charge in [0.2, 0.25) is 0 Å². The molecule has 5 nitrogen and oxygen atoms in total. The van der Waals surface area contributed by atoms with Crippen molar-refractivity contribution in [2.75, 3.05) is 19.1 Å². The molecule has 1 aromatic carbocycles. The molecule has 1 aromatic rings. The number of allylic oxidation sites excluding steroid dienone is 2. The van der Waals surface area contributed by atoms with Gasteiger partial charge in [-0.05, 0) is 30.4 Å². The quantitative estimate of drug-likeness (QED) is 0.728. The molecule has 23 heavy (non-hydrogen) atoms. The van der Waals surface area contributed by atoms with Gasteiger partial charge in [-0.25, -0.2) is 9.59 Å². The number of benzene rings is 1. The van der Waals surface area contributed by atoms with Gasteiger partial charge < -0.3 is 14.4 Å². The highest BCUT2D eigenvalue weighted by Crippen LogP contribution is 2.31. The fraction of sp³-hybridized carbons (Fsp3) is 0.125. The van der Waals surface area contributed by atoms with Crippen molar-refractivity contribution in [3.63, 3.8) is 0 Å². The standard InChI is InChI=1S/C16H13BrClNO4/c1-22-15(20)13-5-3-4-6-19(14(13)16(21)23-2)12-8-10(17)7-11(18)9-12/h3-9H,1-2H3. The molecule has 0 radical (unpaired) electrons. The Bertz CT molecular complexity index is 719. The normalized spacial score (nSPS) is 13.8. The number of carbonyl (C=O) groups excluding carboxylic acids is 2. The van der Waals surface area contributed by atoms with E-state index in [9.17, 15) is 9.59 Å². The Labute approximate surface area is 146 Å². The van der Waals surface area contributed by atoms with E-state index in [1.54, 1.807) is 36.6 Å². The van der Waals surface area contributed by atoms with E-state index < -0.39 is 11.9 Å².